The van der Waals surface area contributed by atoms with Gasteiger partial charge in [0.25, 0.3) is 11.5 Å². The molecule has 0 aliphatic heterocycles. The van der Waals surface area contributed by atoms with Crippen LogP contribution in [0, 0.1) is 0 Å². The van der Waals surface area contributed by atoms with E-state index in [-0.39, 0.29) is 11.5 Å². The van der Waals surface area contributed by atoms with Crippen LogP contribution in [0.5, 0.6) is 0 Å². The molecule has 0 radical (unpaired) electrons. The minimum atomic E-state index is -0.269. The van der Waals surface area contributed by atoms with Gasteiger partial charge in [0.2, 0.25) is 0 Å². The lowest BCUT2D eigenvalue weighted by Crippen LogP contribution is -2.27. The quantitative estimate of drug-likeness (QED) is 0.509. The van der Waals surface area contributed by atoms with Gasteiger partial charge in [-0.3, -0.25) is 9.59 Å². The largest absolute Gasteiger partial charge is 0.472 e. The van der Waals surface area contributed by atoms with Crippen molar-refractivity contribution in [2.24, 2.45) is 0 Å². The molecule has 1 amide bonds. The van der Waals surface area contributed by atoms with E-state index >= 15 is 0 Å². The zero-order valence-corrected chi connectivity index (χ0v) is 13.7. The average molecular weight is 349 g/mol. The van der Waals surface area contributed by atoms with Crippen molar-refractivity contribution in [3.63, 3.8) is 0 Å². The second-order valence-electron chi connectivity index (χ2n) is 5.68. The third kappa shape index (κ3) is 3.00. The minimum absolute atomic E-state index is 0.148. The third-order valence-electron chi connectivity index (χ3n) is 4.00. The number of fused-ring (bicyclic) bond motifs is 1. The number of furan rings is 1. The molecule has 0 saturated heterocycles. The van der Waals surface area contributed by atoms with E-state index < -0.39 is 0 Å². The summed E-state index contributed by atoms with van der Waals surface area (Å²) in [5, 5.41) is 2.82. The number of hydrogen-bond donors (Lipinski definition) is 3. The van der Waals surface area contributed by atoms with E-state index in [0.29, 0.717) is 41.1 Å². The molecule has 0 spiro atoms. The SMILES string of the molecule is O=C(NCCc1ccc[nH]c1=O)c1ccnc2[nH]c(-c3ccoc3)nc12. The van der Waals surface area contributed by atoms with Gasteiger partial charge in [0.15, 0.2) is 5.65 Å². The number of carbonyl (C=O) groups is 1. The molecule has 0 unspecified atom stereocenters. The summed E-state index contributed by atoms with van der Waals surface area (Å²) < 4.78 is 5.06. The molecular weight excluding hydrogens is 334 g/mol. The Labute approximate surface area is 147 Å². The Bertz CT molecular complexity index is 1110. The highest BCUT2D eigenvalue weighted by Crippen LogP contribution is 2.21. The zero-order chi connectivity index (χ0) is 17.9. The number of rotatable bonds is 5. The summed E-state index contributed by atoms with van der Waals surface area (Å²) in [5.41, 5.74) is 2.67. The molecule has 8 heteroatoms. The zero-order valence-electron chi connectivity index (χ0n) is 13.7. The summed E-state index contributed by atoms with van der Waals surface area (Å²) in [4.78, 5) is 38.6. The maximum atomic E-state index is 12.5. The van der Waals surface area contributed by atoms with E-state index in [1.807, 2.05) is 0 Å². The lowest BCUT2D eigenvalue weighted by atomic mass is 10.2. The molecule has 26 heavy (non-hydrogen) atoms. The van der Waals surface area contributed by atoms with E-state index in [9.17, 15) is 9.59 Å². The highest BCUT2D eigenvalue weighted by molar-refractivity contribution is 6.04. The van der Waals surface area contributed by atoms with Crippen LogP contribution in [0.25, 0.3) is 22.6 Å². The average Bonchev–Trinajstić information content (AvgIpc) is 3.32. The summed E-state index contributed by atoms with van der Waals surface area (Å²) >= 11 is 0. The van der Waals surface area contributed by atoms with Gasteiger partial charge >= 0.3 is 0 Å². The van der Waals surface area contributed by atoms with Gasteiger partial charge < -0.3 is 19.7 Å². The second kappa shape index (κ2) is 6.67. The number of hydrogen-bond acceptors (Lipinski definition) is 5. The fourth-order valence-electron chi connectivity index (χ4n) is 2.69. The van der Waals surface area contributed by atoms with E-state index in [2.05, 4.69) is 25.3 Å². The van der Waals surface area contributed by atoms with Crippen molar-refractivity contribution in [3.8, 4) is 11.4 Å². The number of aromatic nitrogens is 4. The lowest BCUT2D eigenvalue weighted by Gasteiger charge is -2.05. The Morgan fingerprint density at radius 1 is 1.27 bits per heavy atom. The molecular formula is C18H15N5O3. The molecule has 0 aromatic carbocycles. The number of H-pyrrole nitrogens is 2. The molecule has 0 aliphatic rings. The maximum Gasteiger partial charge on any atom is 0.253 e. The van der Waals surface area contributed by atoms with Crippen molar-refractivity contribution >= 4 is 17.1 Å². The summed E-state index contributed by atoms with van der Waals surface area (Å²) in [6.45, 7) is 0.342. The van der Waals surface area contributed by atoms with Gasteiger partial charge in [-0.25, -0.2) is 9.97 Å². The molecule has 0 bridgehead atoms. The Balaban J connectivity index is 1.53. The number of nitrogens with one attached hydrogen (secondary N) is 3. The fourth-order valence-corrected chi connectivity index (χ4v) is 2.69. The van der Waals surface area contributed by atoms with E-state index in [0.717, 1.165) is 5.56 Å². The van der Waals surface area contributed by atoms with Crippen molar-refractivity contribution < 1.29 is 9.21 Å². The second-order valence-corrected chi connectivity index (χ2v) is 5.68. The van der Waals surface area contributed by atoms with E-state index in [1.54, 1.807) is 49.2 Å². The van der Waals surface area contributed by atoms with Crippen LogP contribution in [0.1, 0.15) is 15.9 Å². The molecule has 0 fully saturated rings. The Hall–Kier alpha value is -3.68. The highest BCUT2D eigenvalue weighted by atomic mass is 16.3. The normalized spacial score (nSPS) is 10.9. The van der Waals surface area contributed by atoms with Gasteiger partial charge in [-0.15, -0.1) is 0 Å². The van der Waals surface area contributed by atoms with Crippen molar-refractivity contribution in [2.75, 3.05) is 6.54 Å². The third-order valence-corrected chi connectivity index (χ3v) is 4.00. The van der Waals surface area contributed by atoms with E-state index in [4.69, 9.17) is 4.42 Å². The fraction of sp³-hybridized carbons (Fsp3) is 0.111. The van der Waals surface area contributed by atoms with Gasteiger partial charge in [0.05, 0.1) is 17.4 Å². The Kier molecular flexibility index (Phi) is 4.06. The topological polar surface area (TPSA) is 117 Å². The monoisotopic (exact) mass is 349 g/mol. The summed E-state index contributed by atoms with van der Waals surface area (Å²) in [5.74, 6) is 0.312. The van der Waals surface area contributed by atoms with Crippen LogP contribution in [-0.2, 0) is 6.42 Å². The standard InChI is InChI=1S/C18H15N5O3/c24-17-11(2-1-6-20-17)3-7-21-18(25)13-4-8-19-16-14(13)22-15(23-16)12-5-9-26-10-12/h1-2,4-6,8-10H,3,7H2,(H,20,24)(H,21,25)(H,19,22,23). The molecule has 0 saturated carbocycles. The molecule has 8 nitrogen and oxygen atoms in total. The van der Waals surface area contributed by atoms with Crippen molar-refractivity contribution in [1.82, 2.24) is 25.3 Å². The van der Waals surface area contributed by atoms with Crippen molar-refractivity contribution in [1.29, 1.82) is 0 Å². The number of amides is 1. The van der Waals surface area contributed by atoms with Crippen LogP contribution < -0.4 is 10.9 Å². The van der Waals surface area contributed by atoms with Gasteiger partial charge in [-0.2, -0.15) is 0 Å². The predicted molar refractivity (Wildman–Crippen MR) is 94.7 cm³/mol. The number of aromatic amines is 2. The lowest BCUT2D eigenvalue weighted by molar-refractivity contribution is 0.0955. The highest BCUT2D eigenvalue weighted by Gasteiger charge is 2.15. The molecule has 4 heterocycles. The molecule has 4 aromatic heterocycles. The van der Waals surface area contributed by atoms with Crippen molar-refractivity contribution in [2.45, 2.75) is 6.42 Å². The smallest absolute Gasteiger partial charge is 0.253 e. The molecule has 130 valence electrons. The summed E-state index contributed by atoms with van der Waals surface area (Å²) in [6, 6.07) is 6.88. The molecule has 3 N–H and O–H groups in total. The summed E-state index contributed by atoms with van der Waals surface area (Å²) in [6.07, 6.45) is 6.68. The van der Waals surface area contributed by atoms with Gasteiger partial charge in [0.1, 0.15) is 17.6 Å². The van der Waals surface area contributed by atoms with Gasteiger partial charge in [-0.05, 0) is 24.6 Å². The number of imidazole rings is 1. The van der Waals surface area contributed by atoms with Crippen LogP contribution >= 0.6 is 0 Å². The molecule has 0 aliphatic carbocycles. The summed E-state index contributed by atoms with van der Waals surface area (Å²) in [7, 11) is 0. The van der Waals surface area contributed by atoms with Gasteiger partial charge in [-0.1, -0.05) is 6.07 Å². The van der Waals surface area contributed by atoms with E-state index in [1.165, 1.54) is 0 Å². The molecule has 4 rings (SSSR count). The first-order valence-corrected chi connectivity index (χ1v) is 8.04. The number of nitrogens with zero attached hydrogens (tertiary/aromatic N) is 2. The first-order valence-electron chi connectivity index (χ1n) is 8.04. The van der Waals surface area contributed by atoms with Crippen LogP contribution in [0.4, 0.5) is 0 Å². The maximum absolute atomic E-state index is 12.5. The predicted octanol–water partition coefficient (Wildman–Crippen LogP) is 1.88. The van der Waals surface area contributed by atoms with Gasteiger partial charge in [0, 0.05) is 24.5 Å². The minimum Gasteiger partial charge on any atom is -0.472 e. The van der Waals surface area contributed by atoms with Crippen LogP contribution in [0.2, 0.25) is 0 Å². The number of carbonyl (C=O) groups excluding carboxylic acids is 1. The molecule has 0 atom stereocenters. The van der Waals surface area contributed by atoms with Crippen molar-refractivity contribution in [3.05, 3.63) is 70.7 Å². The van der Waals surface area contributed by atoms with Crippen LogP contribution in [0.3, 0.4) is 0 Å². The Morgan fingerprint density at radius 3 is 3.00 bits per heavy atom. The first-order chi connectivity index (χ1) is 12.7. The first kappa shape index (κ1) is 15.8. The van der Waals surface area contributed by atoms with Crippen LogP contribution in [-0.4, -0.2) is 32.4 Å². The Morgan fingerprint density at radius 2 is 2.19 bits per heavy atom. The molecule has 4 aromatic rings. The number of pyridine rings is 2. The van der Waals surface area contributed by atoms with Crippen LogP contribution in [0.15, 0.2) is 58.4 Å².